The summed E-state index contributed by atoms with van der Waals surface area (Å²) in [6.07, 6.45) is 5.32. The van der Waals surface area contributed by atoms with E-state index < -0.39 is 0 Å². The van der Waals surface area contributed by atoms with Gasteiger partial charge in [0.15, 0.2) is 0 Å². The number of nitrogens with zero attached hydrogens (tertiary/aromatic N) is 3. The predicted octanol–water partition coefficient (Wildman–Crippen LogP) is 1.49. The second-order valence-corrected chi connectivity index (χ2v) is 8.17. The molecule has 3 heterocycles. The molecule has 27 heavy (non-hydrogen) atoms. The third-order valence-corrected chi connectivity index (χ3v) is 6.64. The number of likely N-dealkylation sites (tertiary alicyclic amines) is 1. The fraction of sp³-hybridized carbons (Fsp3) is 0.619. The Bertz CT molecular complexity index is 842. The minimum absolute atomic E-state index is 0.0142. The van der Waals surface area contributed by atoms with Crippen LogP contribution in [0.4, 0.5) is 0 Å². The first kappa shape index (κ1) is 18.4. The number of carbonyl (C=O) groups excluding carboxylic acids is 1. The van der Waals surface area contributed by atoms with Crippen LogP contribution >= 0.6 is 0 Å². The highest BCUT2D eigenvalue weighted by molar-refractivity contribution is 5.82. The highest BCUT2D eigenvalue weighted by Gasteiger charge is 2.55. The number of hydrogen-bond acceptors (Lipinski definition) is 4. The number of aromatic nitrogens is 1. The molecule has 1 N–H and O–H groups in total. The van der Waals surface area contributed by atoms with Crippen LogP contribution in [0.2, 0.25) is 0 Å². The number of hydrogen-bond donors (Lipinski definition) is 1. The molecular weight excluding hydrogens is 342 g/mol. The number of amides is 1. The van der Waals surface area contributed by atoms with Crippen LogP contribution in [0.1, 0.15) is 43.5 Å². The van der Waals surface area contributed by atoms with Crippen molar-refractivity contribution in [3.63, 3.8) is 0 Å². The number of allylic oxidation sites excluding steroid dienone is 2. The van der Waals surface area contributed by atoms with Crippen molar-refractivity contribution in [3.8, 4) is 0 Å². The van der Waals surface area contributed by atoms with Gasteiger partial charge in [0.05, 0.1) is 12.1 Å². The van der Waals surface area contributed by atoms with Crippen molar-refractivity contribution < 1.29 is 9.90 Å². The van der Waals surface area contributed by atoms with Crippen molar-refractivity contribution in [3.05, 3.63) is 39.8 Å². The first-order valence-electron chi connectivity index (χ1n) is 10.0. The Morgan fingerprint density at radius 3 is 2.70 bits per heavy atom. The third kappa shape index (κ3) is 2.69. The van der Waals surface area contributed by atoms with Crippen LogP contribution in [0.5, 0.6) is 0 Å². The zero-order valence-corrected chi connectivity index (χ0v) is 16.4. The van der Waals surface area contributed by atoms with Crippen LogP contribution in [0, 0.1) is 11.8 Å². The van der Waals surface area contributed by atoms with Crippen molar-refractivity contribution in [2.24, 2.45) is 11.8 Å². The minimum Gasteiger partial charge on any atom is -0.396 e. The van der Waals surface area contributed by atoms with Crippen molar-refractivity contribution in [1.82, 2.24) is 14.4 Å². The maximum Gasteiger partial charge on any atom is 0.258 e. The molecule has 1 saturated heterocycles. The minimum atomic E-state index is -0.328. The molecule has 6 heteroatoms. The van der Waals surface area contributed by atoms with Gasteiger partial charge in [-0.25, -0.2) is 0 Å². The van der Waals surface area contributed by atoms with E-state index in [0.29, 0.717) is 13.1 Å². The van der Waals surface area contributed by atoms with Crippen molar-refractivity contribution in [2.45, 2.75) is 44.8 Å². The summed E-state index contributed by atoms with van der Waals surface area (Å²) in [5.41, 5.74) is 3.06. The van der Waals surface area contributed by atoms with E-state index in [1.165, 1.54) is 5.57 Å². The highest BCUT2D eigenvalue weighted by Crippen LogP contribution is 2.49. The van der Waals surface area contributed by atoms with Gasteiger partial charge in [-0.05, 0) is 43.5 Å². The third-order valence-electron chi connectivity index (χ3n) is 6.64. The lowest BCUT2D eigenvalue weighted by molar-refractivity contribution is -0.135. The first-order valence-corrected chi connectivity index (χ1v) is 10.0. The van der Waals surface area contributed by atoms with Crippen LogP contribution in [-0.4, -0.2) is 58.7 Å². The Morgan fingerprint density at radius 2 is 2.11 bits per heavy atom. The molecule has 4 rings (SSSR count). The molecule has 0 radical (unpaired) electrons. The highest BCUT2D eigenvalue weighted by atomic mass is 16.3. The van der Waals surface area contributed by atoms with E-state index in [1.54, 1.807) is 19.0 Å². The Kier molecular flexibility index (Phi) is 4.72. The van der Waals surface area contributed by atoms with Crippen LogP contribution in [0.15, 0.2) is 23.0 Å². The number of rotatable bonds is 4. The predicted molar refractivity (Wildman–Crippen MR) is 104 cm³/mol. The van der Waals surface area contributed by atoms with Gasteiger partial charge in [-0.2, -0.15) is 0 Å². The summed E-state index contributed by atoms with van der Waals surface area (Å²) in [5, 5.41) is 10.1. The van der Waals surface area contributed by atoms with E-state index in [-0.39, 0.29) is 42.0 Å². The smallest absolute Gasteiger partial charge is 0.258 e. The summed E-state index contributed by atoms with van der Waals surface area (Å²) in [7, 11) is 3.53. The molecule has 2 aliphatic heterocycles. The molecule has 0 saturated carbocycles. The van der Waals surface area contributed by atoms with E-state index in [1.807, 2.05) is 17.6 Å². The van der Waals surface area contributed by atoms with Gasteiger partial charge in [0.25, 0.3) is 5.56 Å². The van der Waals surface area contributed by atoms with E-state index in [2.05, 4.69) is 17.0 Å². The van der Waals surface area contributed by atoms with Crippen molar-refractivity contribution >= 4 is 11.5 Å². The topological polar surface area (TPSA) is 65.8 Å². The molecule has 0 unspecified atom stereocenters. The molecule has 1 amide bonds. The molecule has 0 bridgehead atoms. The second-order valence-electron chi connectivity index (χ2n) is 8.17. The van der Waals surface area contributed by atoms with Gasteiger partial charge < -0.3 is 14.6 Å². The molecule has 4 atom stereocenters. The van der Waals surface area contributed by atoms with E-state index in [0.717, 1.165) is 30.5 Å². The lowest BCUT2D eigenvalue weighted by Crippen LogP contribution is -2.47. The number of pyridine rings is 1. The van der Waals surface area contributed by atoms with Gasteiger partial charge in [-0.3, -0.25) is 14.5 Å². The van der Waals surface area contributed by atoms with Crippen LogP contribution < -0.4 is 5.56 Å². The summed E-state index contributed by atoms with van der Waals surface area (Å²) in [5.74, 6) is -0.0328. The molecule has 0 spiro atoms. The summed E-state index contributed by atoms with van der Waals surface area (Å²) < 4.78 is 1.89. The van der Waals surface area contributed by atoms with Gasteiger partial charge in [0.1, 0.15) is 0 Å². The lowest BCUT2D eigenvalue weighted by Gasteiger charge is -2.31. The number of fused-ring (bicyclic) bond motifs is 3. The molecule has 1 fully saturated rings. The Hall–Kier alpha value is -1.92. The largest absolute Gasteiger partial charge is 0.396 e. The van der Waals surface area contributed by atoms with E-state index in [4.69, 9.17) is 0 Å². The standard InChI is InChI=1S/C21H29N3O3/c1-4-23-18-15(16(12-25)19(23)21(27)22(2)3)11-24-17(18)10-9-14(20(24)26)13-7-5-6-8-13/h7,9-10,15-16,18-19,25H,4-6,8,11-12H2,1-3H3/t15-,16-,18+,19-/m0/s1. The van der Waals surface area contributed by atoms with Gasteiger partial charge in [0, 0.05) is 50.3 Å². The van der Waals surface area contributed by atoms with Gasteiger partial charge >= 0.3 is 0 Å². The average Bonchev–Trinajstić information content (AvgIpc) is 3.35. The van der Waals surface area contributed by atoms with Crippen LogP contribution in [-0.2, 0) is 11.3 Å². The number of likely N-dealkylation sites (N-methyl/N-ethyl adjacent to an activating group) is 2. The summed E-state index contributed by atoms with van der Waals surface area (Å²) >= 11 is 0. The quantitative estimate of drug-likeness (QED) is 0.871. The zero-order chi connectivity index (χ0) is 19.3. The number of aliphatic hydroxyl groups is 1. The molecule has 1 aromatic rings. The van der Waals surface area contributed by atoms with Crippen molar-refractivity contribution in [2.75, 3.05) is 27.2 Å². The lowest BCUT2D eigenvalue weighted by atomic mass is 9.88. The normalized spacial score (nSPS) is 29.6. The first-order chi connectivity index (χ1) is 13.0. The van der Waals surface area contributed by atoms with Crippen molar-refractivity contribution in [1.29, 1.82) is 0 Å². The van der Waals surface area contributed by atoms with Gasteiger partial charge in [-0.15, -0.1) is 0 Å². The fourth-order valence-electron chi connectivity index (χ4n) is 5.39. The zero-order valence-electron chi connectivity index (χ0n) is 16.4. The van der Waals surface area contributed by atoms with E-state index in [9.17, 15) is 14.7 Å². The monoisotopic (exact) mass is 371 g/mol. The molecule has 3 aliphatic rings. The van der Waals surface area contributed by atoms with Gasteiger partial charge in [0.2, 0.25) is 5.91 Å². The molecule has 0 aromatic carbocycles. The molecule has 1 aliphatic carbocycles. The molecular formula is C21H29N3O3. The average molecular weight is 371 g/mol. The van der Waals surface area contributed by atoms with E-state index >= 15 is 0 Å². The Morgan fingerprint density at radius 1 is 1.33 bits per heavy atom. The summed E-state index contributed by atoms with van der Waals surface area (Å²) in [6.45, 7) is 3.30. The second kappa shape index (κ2) is 6.91. The summed E-state index contributed by atoms with van der Waals surface area (Å²) in [4.78, 5) is 29.8. The fourth-order valence-corrected chi connectivity index (χ4v) is 5.39. The Balaban J connectivity index is 1.76. The SMILES string of the molecule is CCN1[C@H](C(=O)N(C)C)[C@@H](CO)[C@@H]2Cn3c(ccc(C4=CCCC4)c3=O)[C@@H]21. The Labute approximate surface area is 160 Å². The maximum absolute atomic E-state index is 13.2. The number of aliphatic hydroxyl groups excluding tert-OH is 1. The van der Waals surface area contributed by atoms with Crippen LogP contribution in [0.3, 0.4) is 0 Å². The maximum atomic E-state index is 13.2. The molecule has 146 valence electrons. The van der Waals surface area contributed by atoms with Gasteiger partial charge in [-0.1, -0.05) is 13.0 Å². The molecule has 6 nitrogen and oxygen atoms in total. The van der Waals surface area contributed by atoms with Crippen LogP contribution in [0.25, 0.3) is 5.57 Å². The molecule has 1 aromatic heterocycles. The summed E-state index contributed by atoms with van der Waals surface area (Å²) in [6, 6.07) is 3.72. The number of carbonyl (C=O) groups is 1.